The van der Waals surface area contributed by atoms with Crippen LogP contribution < -0.4 is 4.74 Å². The van der Waals surface area contributed by atoms with Crippen molar-refractivity contribution in [2.45, 2.75) is 26.4 Å². The second kappa shape index (κ2) is 4.76. The molecule has 0 amide bonds. The Kier molecular flexibility index (Phi) is 3.48. The average molecular weight is 311 g/mol. The number of hydrogen-bond acceptors (Lipinski definition) is 3. The van der Waals surface area contributed by atoms with E-state index >= 15 is 0 Å². The molecule has 0 atom stereocenters. The van der Waals surface area contributed by atoms with E-state index in [1.165, 1.54) is 0 Å². The molecular formula is C14H15BrO3. The molecule has 0 fully saturated rings. The van der Waals surface area contributed by atoms with Crippen molar-refractivity contribution >= 4 is 28.0 Å². The molecule has 0 aliphatic carbocycles. The molecule has 0 N–H and O–H groups in total. The van der Waals surface area contributed by atoms with Gasteiger partial charge in [0.1, 0.15) is 18.0 Å². The lowest BCUT2D eigenvalue weighted by atomic mass is 10.1. The van der Waals surface area contributed by atoms with Crippen molar-refractivity contribution in [3.05, 3.63) is 33.8 Å². The van der Waals surface area contributed by atoms with Gasteiger partial charge in [-0.2, -0.15) is 0 Å². The molecule has 1 heterocycles. The normalized spacial score (nSPS) is 14.3. The number of hydrogen-bond donors (Lipinski definition) is 0. The molecule has 96 valence electrons. The Hall–Kier alpha value is -1.29. The highest BCUT2D eigenvalue weighted by molar-refractivity contribution is 9.10. The summed E-state index contributed by atoms with van der Waals surface area (Å²) < 4.78 is 11.8. The van der Waals surface area contributed by atoms with Crippen LogP contribution in [0.1, 0.15) is 26.3 Å². The number of carbonyl (C=O) groups excluding carboxylic acids is 1. The van der Waals surface area contributed by atoms with Crippen LogP contribution in [0.25, 0.3) is 6.08 Å². The molecule has 1 aliphatic heterocycles. The van der Waals surface area contributed by atoms with E-state index < -0.39 is 5.60 Å². The first-order chi connectivity index (χ1) is 8.37. The summed E-state index contributed by atoms with van der Waals surface area (Å²) in [6.07, 6.45) is 1.82. The Morgan fingerprint density at radius 3 is 2.78 bits per heavy atom. The van der Waals surface area contributed by atoms with Gasteiger partial charge >= 0.3 is 5.97 Å². The van der Waals surface area contributed by atoms with E-state index in [0.717, 1.165) is 15.8 Å². The van der Waals surface area contributed by atoms with Crippen LogP contribution in [0.4, 0.5) is 0 Å². The van der Waals surface area contributed by atoms with Crippen LogP contribution in [-0.4, -0.2) is 18.2 Å². The first-order valence-corrected chi connectivity index (χ1v) is 6.51. The van der Waals surface area contributed by atoms with Gasteiger partial charge in [-0.1, -0.05) is 12.1 Å². The van der Waals surface area contributed by atoms with Crippen molar-refractivity contribution in [3.63, 3.8) is 0 Å². The Bertz CT molecular complexity index is 512. The number of rotatable bonds is 1. The third-order valence-electron chi connectivity index (χ3n) is 2.36. The van der Waals surface area contributed by atoms with Gasteiger partial charge in [0.05, 0.1) is 10.0 Å². The van der Waals surface area contributed by atoms with E-state index in [1.807, 2.05) is 45.0 Å². The number of benzene rings is 1. The molecular weight excluding hydrogens is 296 g/mol. The van der Waals surface area contributed by atoms with Gasteiger partial charge in [0.25, 0.3) is 0 Å². The molecule has 3 nitrogen and oxygen atoms in total. The fourth-order valence-electron chi connectivity index (χ4n) is 1.63. The second-order valence-electron chi connectivity index (χ2n) is 5.12. The molecule has 18 heavy (non-hydrogen) atoms. The number of fused-ring (bicyclic) bond motifs is 1. The summed E-state index contributed by atoms with van der Waals surface area (Å²) in [5.41, 5.74) is 0.933. The van der Waals surface area contributed by atoms with Crippen molar-refractivity contribution in [1.29, 1.82) is 0 Å². The van der Waals surface area contributed by atoms with Crippen LogP contribution in [0.5, 0.6) is 5.75 Å². The summed E-state index contributed by atoms with van der Waals surface area (Å²) in [5.74, 6) is 0.443. The number of para-hydroxylation sites is 1. The quantitative estimate of drug-likeness (QED) is 0.744. The topological polar surface area (TPSA) is 35.5 Å². The molecule has 2 rings (SSSR count). The fourth-order valence-corrected chi connectivity index (χ4v) is 2.13. The van der Waals surface area contributed by atoms with Gasteiger partial charge < -0.3 is 9.47 Å². The standard InChI is InChI=1S/C14H15BrO3/c1-14(2,3)18-13(16)10-7-9-5-4-6-11(15)12(9)17-8-10/h4-7H,8H2,1-3H3. The zero-order valence-corrected chi connectivity index (χ0v) is 12.2. The molecule has 0 saturated heterocycles. The molecule has 1 aromatic rings. The van der Waals surface area contributed by atoms with Crippen molar-refractivity contribution in [1.82, 2.24) is 0 Å². The zero-order valence-electron chi connectivity index (χ0n) is 10.6. The maximum atomic E-state index is 11.9. The van der Waals surface area contributed by atoms with Gasteiger partial charge in [-0.15, -0.1) is 0 Å². The Labute approximate surface area is 115 Å². The number of carbonyl (C=O) groups is 1. The second-order valence-corrected chi connectivity index (χ2v) is 5.97. The third-order valence-corrected chi connectivity index (χ3v) is 2.98. The van der Waals surface area contributed by atoms with Gasteiger partial charge in [0.2, 0.25) is 0 Å². The molecule has 0 spiro atoms. The van der Waals surface area contributed by atoms with Crippen LogP contribution in [-0.2, 0) is 9.53 Å². The van der Waals surface area contributed by atoms with E-state index in [4.69, 9.17) is 9.47 Å². The maximum Gasteiger partial charge on any atom is 0.338 e. The highest BCUT2D eigenvalue weighted by Crippen LogP contribution is 2.34. The summed E-state index contributed by atoms with van der Waals surface area (Å²) in [5, 5.41) is 0. The van der Waals surface area contributed by atoms with Crippen LogP contribution >= 0.6 is 15.9 Å². The number of ether oxygens (including phenoxy) is 2. The molecule has 0 bridgehead atoms. The van der Waals surface area contributed by atoms with Crippen molar-refractivity contribution in [2.75, 3.05) is 6.61 Å². The Balaban J connectivity index is 2.26. The van der Waals surface area contributed by atoms with Gasteiger partial charge in [0.15, 0.2) is 0 Å². The Morgan fingerprint density at radius 1 is 1.39 bits per heavy atom. The van der Waals surface area contributed by atoms with E-state index in [2.05, 4.69) is 15.9 Å². The van der Waals surface area contributed by atoms with Gasteiger partial charge in [-0.25, -0.2) is 4.79 Å². The monoisotopic (exact) mass is 310 g/mol. The van der Waals surface area contributed by atoms with Gasteiger partial charge in [-0.05, 0) is 48.8 Å². The average Bonchev–Trinajstić information content (AvgIpc) is 2.26. The minimum absolute atomic E-state index is 0.241. The molecule has 0 aromatic heterocycles. The molecule has 0 unspecified atom stereocenters. The number of halogens is 1. The first kappa shape index (κ1) is 13.1. The smallest absolute Gasteiger partial charge is 0.338 e. The third kappa shape index (κ3) is 2.93. The van der Waals surface area contributed by atoms with Crippen LogP contribution in [0.3, 0.4) is 0 Å². The minimum Gasteiger partial charge on any atom is -0.487 e. The first-order valence-electron chi connectivity index (χ1n) is 5.72. The zero-order chi connectivity index (χ0) is 13.3. The van der Waals surface area contributed by atoms with Crippen molar-refractivity contribution in [3.8, 4) is 5.75 Å². The number of esters is 1. The van der Waals surface area contributed by atoms with Gasteiger partial charge in [0, 0.05) is 5.56 Å². The molecule has 0 saturated carbocycles. The van der Waals surface area contributed by atoms with E-state index in [1.54, 1.807) is 0 Å². The molecule has 1 aliphatic rings. The SMILES string of the molecule is CC(C)(C)OC(=O)C1=Cc2cccc(Br)c2OC1. The maximum absolute atomic E-state index is 11.9. The molecule has 0 radical (unpaired) electrons. The minimum atomic E-state index is -0.491. The van der Waals surface area contributed by atoms with Crippen molar-refractivity contribution < 1.29 is 14.3 Å². The van der Waals surface area contributed by atoms with E-state index in [0.29, 0.717) is 5.57 Å². The van der Waals surface area contributed by atoms with E-state index in [-0.39, 0.29) is 12.6 Å². The lowest BCUT2D eigenvalue weighted by Crippen LogP contribution is -2.27. The van der Waals surface area contributed by atoms with Crippen LogP contribution in [0.15, 0.2) is 28.2 Å². The summed E-state index contributed by atoms with van der Waals surface area (Å²) in [4.78, 5) is 11.9. The molecule has 4 heteroatoms. The lowest BCUT2D eigenvalue weighted by Gasteiger charge is -2.23. The summed E-state index contributed by atoms with van der Waals surface area (Å²) in [7, 11) is 0. The fraction of sp³-hybridized carbons (Fsp3) is 0.357. The highest BCUT2D eigenvalue weighted by atomic mass is 79.9. The predicted molar refractivity (Wildman–Crippen MR) is 73.5 cm³/mol. The van der Waals surface area contributed by atoms with Crippen LogP contribution in [0.2, 0.25) is 0 Å². The molecule has 1 aromatic carbocycles. The van der Waals surface area contributed by atoms with Crippen molar-refractivity contribution in [2.24, 2.45) is 0 Å². The van der Waals surface area contributed by atoms with E-state index in [9.17, 15) is 4.79 Å². The largest absolute Gasteiger partial charge is 0.487 e. The van der Waals surface area contributed by atoms with Gasteiger partial charge in [-0.3, -0.25) is 0 Å². The summed E-state index contributed by atoms with van der Waals surface area (Å²) in [6, 6.07) is 5.72. The summed E-state index contributed by atoms with van der Waals surface area (Å²) >= 11 is 3.42. The highest BCUT2D eigenvalue weighted by Gasteiger charge is 2.23. The Morgan fingerprint density at radius 2 is 2.11 bits per heavy atom. The van der Waals surface area contributed by atoms with Crippen LogP contribution in [0, 0.1) is 0 Å². The predicted octanol–water partition coefficient (Wildman–Crippen LogP) is 3.57. The lowest BCUT2D eigenvalue weighted by molar-refractivity contribution is -0.150. The summed E-state index contributed by atoms with van der Waals surface area (Å²) in [6.45, 7) is 5.78.